The molecule has 0 unspecified atom stereocenters. The van der Waals surface area contributed by atoms with Crippen molar-refractivity contribution in [2.45, 2.75) is 65.1 Å². The van der Waals surface area contributed by atoms with E-state index >= 15 is 0 Å². The Kier molecular flexibility index (Phi) is 5.21. The minimum atomic E-state index is -2.73. The molecule has 8 nitrogen and oxygen atoms in total. The number of hydrogen-bond acceptors (Lipinski definition) is 7. The van der Waals surface area contributed by atoms with Crippen molar-refractivity contribution in [1.29, 1.82) is 0 Å². The summed E-state index contributed by atoms with van der Waals surface area (Å²) in [6, 6.07) is 1.92. The van der Waals surface area contributed by atoms with Crippen molar-refractivity contribution < 1.29 is 18.3 Å². The molecule has 0 radical (unpaired) electrons. The molecule has 10 heteroatoms. The van der Waals surface area contributed by atoms with E-state index in [2.05, 4.69) is 20.1 Å². The van der Waals surface area contributed by atoms with Crippen LogP contribution in [0.5, 0.6) is 11.9 Å². The predicted octanol–water partition coefficient (Wildman–Crippen LogP) is 4.39. The van der Waals surface area contributed by atoms with Gasteiger partial charge in [-0.05, 0) is 47.6 Å². The molecular formula is C22H28F2N6O2. The summed E-state index contributed by atoms with van der Waals surface area (Å²) in [5.41, 5.74) is 1.09. The van der Waals surface area contributed by atoms with E-state index in [4.69, 9.17) is 9.47 Å². The van der Waals surface area contributed by atoms with Crippen LogP contribution in [-0.4, -0.2) is 54.8 Å². The first-order chi connectivity index (χ1) is 14.8. The van der Waals surface area contributed by atoms with E-state index in [-0.39, 0.29) is 25.5 Å². The molecule has 3 aromatic heterocycles. The standard InChI is InChI=1S/C22H28F2N6O2/c1-20(2,3)31-18-14(12-26-19(27-18)32-21(4,5)6)15-11-16(17-25-8-10-30(17)28-15)29-9-7-22(23,24)13-29/h8,10-12H,7,9,13H2,1-6H3. The maximum Gasteiger partial charge on any atom is 0.320 e. The zero-order valence-electron chi connectivity index (χ0n) is 19.2. The van der Waals surface area contributed by atoms with Crippen molar-refractivity contribution in [3.63, 3.8) is 0 Å². The van der Waals surface area contributed by atoms with Gasteiger partial charge in [0.25, 0.3) is 5.92 Å². The normalized spacial score (nSPS) is 16.6. The summed E-state index contributed by atoms with van der Waals surface area (Å²) < 4.78 is 41.3. The van der Waals surface area contributed by atoms with E-state index < -0.39 is 17.1 Å². The maximum absolute atomic E-state index is 13.9. The predicted molar refractivity (Wildman–Crippen MR) is 117 cm³/mol. The number of fused-ring (bicyclic) bond motifs is 1. The van der Waals surface area contributed by atoms with Crippen LogP contribution in [0.25, 0.3) is 16.9 Å². The van der Waals surface area contributed by atoms with E-state index in [1.807, 2.05) is 41.5 Å². The Bertz CT molecular complexity index is 1130. The number of imidazole rings is 1. The van der Waals surface area contributed by atoms with Gasteiger partial charge in [0.15, 0.2) is 5.65 Å². The lowest BCUT2D eigenvalue weighted by Gasteiger charge is -2.24. The Labute approximate surface area is 185 Å². The van der Waals surface area contributed by atoms with Crippen LogP contribution < -0.4 is 14.4 Å². The number of alkyl halides is 2. The van der Waals surface area contributed by atoms with Crippen molar-refractivity contribution in [2.24, 2.45) is 0 Å². The fourth-order valence-corrected chi connectivity index (χ4v) is 3.42. The Morgan fingerprint density at radius 1 is 1.03 bits per heavy atom. The van der Waals surface area contributed by atoms with E-state index in [0.29, 0.717) is 28.5 Å². The molecule has 0 saturated carbocycles. The van der Waals surface area contributed by atoms with Gasteiger partial charge in [-0.25, -0.2) is 23.3 Å². The maximum atomic E-state index is 13.9. The second-order valence-corrected chi connectivity index (χ2v) is 9.94. The number of anilines is 1. The highest BCUT2D eigenvalue weighted by atomic mass is 19.3. The summed E-state index contributed by atoms with van der Waals surface area (Å²) in [4.78, 5) is 14.8. The Morgan fingerprint density at radius 2 is 1.75 bits per heavy atom. The highest BCUT2D eigenvalue weighted by Crippen LogP contribution is 2.37. The highest BCUT2D eigenvalue weighted by molar-refractivity contribution is 5.76. The Hall–Kier alpha value is -3.04. The van der Waals surface area contributed by atoms with Crippen LogP contribution in [0.1, 0.15) is 48.0 Å². The molecule has 1 aliphatic rings. The molecule has 0 spiro atoms. The number of halogens is 2. The van der Waals surface area contributed by atoms with Crippen LogP contribution in [-0.2, 0) is 0 Å². The van der Waals surface area contributed by atoms with E-state index in [0.717, 1.165) is 0 Å². The monoisotopic (exact) mass is 446 g/mol. The summed E-state index contributed by atoms with van der Waals surface area (Å²) in [5.74, 6) is -2.43. The average molecular weight is 447 g/mol. The Balaban J connectivity index is 1.82. The SMILES string of the molecule is CC(C)(C)Oc1ncc(-c2cc(N3CCC(F)(F)C3)c3nccn3n2)c(OC(C)(C)C)n1. The van der Waals surface area contributed by atoms with Gasteiger partial charge in [0.1, 0.15) is 16.9 Å². The summed E-state index contributed by atoms with van der Waals surface area (Å²) in [7, 11) is 0. The lowest BCUT2D eigenvalue weighted by molar-refractivity contribution is 0.0257. The van der Waals surface area contributed by atoms with Gasteiger partial charge in [-0.2, -0.15) is 10.1 Å². The summed E-state index contributed by atoms with van der Waals surface area (Å²) in [6.45, 7) is 11.3. The smallest absolute Gasteiger partial charge is 0.320 e. The van der Waals surface area contributed by atoms with Crippen LogP contribution >= 0.6 is 0 Å². The van der Waals surface area contributed by atoms with Gasteiger partial charge < -0.3 is 14.4 Å². The Morgan fingerprint density at radius 3 is 2.38 bits per heavy atom. The van der Waals surface area contributed by atoms with Crippen molar-refractivity contribution in [3.05, 3.63) is 24.7 Å². The molecule has 0 bridgehead atoms. The molecule has 0 atom stereocenters. The molecule has 4 heterocycles. The van der Waals surface area contributed by atoms with Crippen LogP contribution in [0.2, 0.25) is 0 Å². The molecule has 0 aliphatic carbocycles. The minimum absolute atomic E-state index is 0.184. The lowest BCUT2D eigenvalue weighted by atomic mass is 10.1. The topological polar surface area (TPSA) is 77.7 Å². The first-order valence-corrected chi connectivity index (χ1v) is 10.5. The first-order valence-electron chi connectivity index (χ1n) is 10.5. The van der Waals surface area contributed by atoms with Gasteiger partial charge in [0.2, 0.25) is 5.88 Å². The van der Waals surface area contributed by atoms with Gasteiger partial charge >= 0.3 is 6.01 Å². The number of rotatable bonds is 4. The van der Waals surface area contributed by atoms with Crippen LogP contribution in [0, 0.1) is 0 Å². The zero-order chi connectivity index (χ0) is 23.3. The third-order valence-electron chi connectivity index (χ3n) is 4.66. The van der Waals surface area contributed by atoms with Crippen molar-refractivity contribution in [2.75, 3.05) is 18.0 Å². The fraction of sp³-hybridized carbons (Fsp3) is 0.545. The molecule has 0 amide bonds. The zero-order valence-corrected chi connectivity index (χ0v) is 19.2. The molecule has 32 heavy (non-hydrogen) atoms. The molecule has 3 aromatic rings. The fourth-order valence-electron chi connectivity index (χ4n) is 3.42. The van der Waals surface area contributed by atoms with Gasteiger partial charge in [-0.3, -0.25) is 0 Å². The van der Waals surface area contributed by atoms with E-state index in [1.165, 1.54) is 0 Å². The molecular weight excluding hydrogens is 418 g/mol. The molecule has 4 rings (SSSR count). The minimum Gasteiger partial charge on any atom is -0.471 e. The van der Waals surface area contributed by atoms with Gasteiger partial charge in [0.05, 0.1) is 17.8 Å². The van der Waals surface area contributed by atoms with Crippen molar-refractivity contribution >= 4 is 11.3 Å². The van der Waals surface area contributed by atoms with Gasteiger partial charge in [0, 0.05) is 31.6 Å². The summed E-state index contributed by atoms with van der Waals surface area (Å²) in [6.07, 6.45) is 4.66. The van der Waals surface area contributed by atoms with Crippen LogP contribution in [0.4, 0.5) is 14.5 Å². The number of hydrogen-bond donors (Lipinski definition) is 0. The van der Waals surface area contributed by atoms with Crippen LogP contribution in [0.3, 0.4) is 0 Å². The largest absolute Gasteiger partial charge is 0.471 e. The molecule has 0 aromatic carbocycles. The molecule has 172 valence electrons. The van der Waals surface area contributed by atoms with Crippen LogP contribution in [0.15, 0.2) is 24.7 Å². The highest BCUT2D eigenvalue weighted by Gasteiger charge is 2.39. The number of nitrogens with zero attached hydrogens (tertiary/aromatic N) is 6. The number of aromatic nitrogens is 5. The summed E-state index contributed by atoms with van der Waals surface area (Å²) >= 11 is 0. The molecule has 0 N–H and O–H groups in total. The molecule has 1 aliphatic heterocycles. The number of ether oxygens (including phenoxy) is 2. The quantitative estimate of drug-likeness (QED) is 0.588. The summed E-state index contributed by atoms with van der Waals surface area (Å²) in [5, 5.41) is 4.61. The van der Waals surface area contributed by atoms with Crippen molar-refractivity contribution in [1.82, 2.24) is 24.6 Å². The van der Waals surface area contributed by atoms with Gasteiger partial charge in [-0.1, -0.05) is 0 Å². The lowest BCUT2D eigenvalue weighted by Crippen LogP contribution is -2.26. The first kappa shape index (κ1) is 22.2. The van der Waals surface area contributed by atoms with E-state index in [1.54, 1.807) is 34.1 Å². The average Bonchev–Trinajstić information content (AvgIpc) is 3.24. The molecule has 1 fully saturated rings. The third kappa shape index (κ3) is 4.89. The second kappa shape index (κ2) is 7.53. The second-order valence-electron chi connectivity index (χ2n) is 9.94. The third-order valence-corrected chi connectivity index (χ3v) is 4.66. The van der Waals surface area contributed by atoms with Crippen molar-refractivity contribution in [3.8, 4) is 23.1 Å². The molecule has 1 saturated heterocycles. The van der Waals surface area contributed by atoms with E-state index in [9.17, 15) is 8.78 Å². The van der Waals surface area contributed by atoms with Gasteiger partial charge in [-0.15, -0.1) is 0 Å².